The molecule has 0 N–H and O–H groups in total. The van der Waals surface area contributed by atoms with Crippen molar-refractivity contribution in [3.05, 3.63) is 94.2 Å². The Bertz CT molecular complexity index is 1250. The summed E-state index contributed by atoms with van der Waals surface area (Å²) in [7, 11) is 0. The SMILES string of the molecule is CC(C)(C)OC(=O)N1CCC[C@H]1COCc1ccc(-n2ccc(OCc3ccc(F)cc3)cc2=O)cc1. The normalized spacial score (nSPS) is 15.6. The monoisotopic (exact) mass is 508 g/mol. The summed E-state index contributed by atoms with van der Waals surface area (Å²) in [5, 5.41) is 0. The van der Waals surface area contributed by atoms with E-state index in [1.165, 1.54) is 22.8 Å². The summed E-state index contributed by atoms with van der Waals surface area (Å²) in [5.74, 6) is 0.144. The summed E-state index contributed by atoms with van der Waals surface area (Å²) in [6.45, 7) is 7.37. The topological polar surface area (TPSA) is 70.0 Å². The molecule has 1 fully saturated rings. The average Bonchev–Trinajstić information content (AvgIpc) is 3.32. The van der Waals surface area contributed by atoms with Gasteiger partial charge in [0.1, 0.15) is 23.8 Å². The van der Waals surface area contributed by atoms with Crippen LogP contribution in [0.4, 0.5) is 9.18 Å². The third-order valence-electron chi connectivity index (χ3n) is 6.01. The molecule has 1 amide bonds. The minimum absolute atomic E-state index is 0.0106. The Hall–Kier alpha value is -3.65. The van der Waals surface area contributed by atoms with Crippen molar-refractivity contribution in [3.63, 3.8) is 0 Å². The largest absolute Gasteiger partial charge is 0.489 e. The number of rotatable bonds is 8. The molecule has 2 heterocycles. The van der Waals surface area contributed by atoms with E-state index in [0.29, 0.717) is 25.5 Å². The van der Waals surface area contributed by atoms with Crippen molar-refractivity contribution in [2.45, 2.75) is 58.5 Å². The first-order chi connectivity index (χ1) is 17.7. The van der Waals surface area contributed by atoms with Crippen molar-refractivity contribution in [3.8, 4) is 11.4 Å². The Labute approximate surface area is 216 Å². The Morgan fingerprint density at radius 3 is 2.35 bits per heavy atom. The van der Waals surface area contributed by atoms with E-state index in [2.05, 4.69) is 0 Å². The Morgan fingerprint density at radius 1 is 1.00 bits per heavy atom. The first-order valence-electron chi connectivity index (χ1n) is 12.4. The fraction of sp³-hybridized carbons (Fsp3) is 0.379. The van der Waals surface area contributed by atoms with E-state index in [-0.39, 0.29) is 30.1 Å². The number of pyridine rings is 1. The maximum atomic E-state index is 13.0. The molecule has 7 nitrogen and oxygen atoms in total. The second-order valence-corrected chi connectivity index (χ2v) is 10.1. The highest BCUT2D eigenvalue weighted by Crippen LogP contribution is 2.21. The molecule has 0 spiro atoms. The first kappa shape index (κ1) is 26.4. The van der Waals surface area contributed by atoms with Gasteiger partial charge in [0.2, 0.25) is 0 Å². The number of amides is 1. The van der Waals surface area contributed by atoms with Crippen LogP contribution in [-0.4, -0.2) is 40.4 Å². The van der Waals surface area contributed by atoms with Gasteiger partial charge in [-0.25, -0.2) is 9.18 Å². The van der Waals surface area contributed by atoms with Gasteiger partial charge in [-0.05, 0) is 75.1 Å². The molecule has 1 aliphatic rings. The number of ether oxygens (including phenoxy) is 3. The van der Waals surface area contributed by atoms with E-state index < -0.39 is 5.60 Å². The van der Waals surface area contributed by atoms with E-state index in [1.54, 1.807) is 29.3 Å². The molecular weight excluding hydrogens is 475 g/mol. The van der Waals surface area contributed by atoms with Crippen LogP contribution in [0.5, 0.6) is 5.75 Å². The molecule has 0 aliphatic carbocycles. The van der Waals surface area contributed by atoms with Gasteiger partial charge in [-0.3, -0.25) is 9.36 Å². The van der Waals surface area contributed by atoms with Crippen LogP contribution in [0, 0.1) is 5.82 Å². The Balaban J connectivity index is 1.29. The van der Waals surface area contributed by atoms with Crippen molar-refractivity contribution in [2.75, 3.05) is 13.2 Å². The summed E-state index contributed by atoms with van der Waals surface area (Å²) in [5.41, 5.74) is 1.77. The Kier molecular flexibility index (Phi) is 8.28. The van der Waals surface area contributed by atoms with Crippen molar-refractivity contribution < 1.29 is 23.4 Å². The van der Waals surface area contributed by atoms with Gasteiger partial charge in [0.05, 0.1) is 19.3 Å². The van der Waals surface area contributed by atoms with Crippen molar-refractivity contribution in [1.29, 1.82) is 0 Å². The van der Waals surface area contributed by atoms with Gasteiger partial charge in [-0.1, -0.05) is 24.3 Å². The van der Waals surface area contributed by atoms with Crippen LogP contribution in [0.2, 0.25) is 0 Å². The van der Waals surface area contributed by atoms with Crippen LogP contribution in [0.1, 0.15) is 44.7 Å². The van der Waals surface area contributed by atoms with E-state index in [0.717, 1.165) is 29.7 Å². The molecule has 8 heteroatoms. The van der Waals surface area contributed by atoms with Crippen LogP contribution < -0.4 is 10.3 Å². The number of likely N-dealkylation sites (tertiary alicyclic amines) is 1. The zero-order valence-electron chi connectivity index (χ0n) is 21.5. The third-order valence-corrected chi connectivity index (χ3v) is 6.01. The molecule has 1 atom stereocenters. The molecule has 0 saturated carbocycles. The van der Waals surface area contributed by atoms with Gasteiger partial charge in [-0.15, -0.1) is 0 Å². The lowest BCUT2D eigenvalue weighted by Gasteiger charge is -2.28. The van der Waals surface area contributed by atoms with Gasteiger partial charge in [-0.2, -0.15) is 0 Å². The van der Waals surface area contributed by atoms with E-state index in [4.69, 9.17) is 14.2 Å². The third kappa shape index (κ3) is 7.43. The highest BCUT2D eigenvalue weighted by Gasteiger charge is 2.32. The summed E-state index contributed by atoms with van der Waals surface area (Å²) >= 11 is 0. The van der Waals surface area contributed by atoms with E-state index >= 15 is 0 Å². The minimum atomic E-state index is -0.522. The maximum Gasteiger partial charge on any atom is 0.410 e. The summed E-state index contributed by atoms with van der Waals surface area (Å²) < 4.78 is 31.7. The highest BCUT2D eigenvalue weighted by atomic mass is 19.1. The van der Waals surface area contributed by atoms with Crippen LogP contribution >= 0.6 is 0 Å². The molecule has 0 bridgehead atoms. The molecule has 196 valence electrons. The fourth-order valence-electron chi connectivity index (χ4n) is 4.15. The van der Waals surface area contributed by atoms with Crippen LogP contribution in [-0.2, 0) is 22.7 Å². The quantitative estimate of drug-likeness (QED) is 0.404. The second kappa shape index (κ2) is 11.6. The number of aromatic nitrogens is 1. The highest BCUT2D eigenvalue weighted by molar-refractivity contribution is 5.69. The molecule has 37 heavy (non-hydrogen) atoms. The summed E-state index contributed by atoms with van der Waals surface area (Å²) in [4.78, 5) is 26.8. The van der Waals surface area contributed by atoms with E-state index in [9.17, 15) is 14.0 Å². The molecule has 1 aliphatic heterocycles. The lowest BCUT2D eigenvalue weighted by Crippen LogP contribution is -2.41. The molecule has 4 rings (SSSR count). The summed E-state index contributed by atoms with van der Waals surface area (Å²) in [6.07, 6.45) is 3.21. The number of carbonyl (C=O) groups is 1. The standard InChI is InChI=1S/C29H33FN2O5/c1-29(2,3)37-28(34)32-15-4-5-25(32)20-35-18-21-8-12-24(13-9-21)31-16-14-26(17-27(31)33)36-19-22-6-10-23(30)11-7-22/h6-14,16-17,25H,4-5,15,18-20H2,1-3H3/t25-/m0/s1. The molecule has 0 radical (unpaired) electrons. The van der Waals surface area contributed by atoms with Gasteiger partial charge in [0.25, 0.3) is 5.56 Å². The van der Waals surface area contributed by atoms with Gasteiger partial charge < -0.3 is 19.1 Å². The fourth-order valence-corrected chi connectivity index (χ4v) is 4.15. The van der Waals surface area contributed by atoms with Gasteiger partial charge in [0.15, 0.2) is 0 Å². The van der Waals surface area contributed by atoms with Gasteiger partial charge >= 0.3 is 6.09 Å². The predicted octanol–water partition coefficient (Wildman–Crippen LogP) is 5.47. The molecule has 0 unspecified atom stereocenters. The minimum Gasteiger partial charge on any atom is -0.489 e. The van der Waals surface area contributed by atoms with E-state index in [1.807, 2.05) is 45.0 Å². The van der Waals surface area contributed by atoms with Crippen molar-refractivity contribution in [2.24, 2.45) is 0 Å². The summed E-state index contributed by atoms with van der Waals surface area (Å²) in [6, 6.07) is 16.8. The number of benzene rings is 2. The molecule has 2 aromatic carbocycles. The predicted molar refractivity (Wildman–Crippen MR) is 138 cm³/mol. The number of nitrogens with zero attached hydrogens (tertiary/aromatic N) is 2. The molecule has 3 aromatic rings. The first-order valence-corrected chi connectivity index (χ1v) is 12.4. The van der Waals surface area contributed by atoms with Gasteiger partial charge in [0, 0.05) is 24.5 Å². The molecular formula is C29H33FN2O5. The average molecular weight is 509 g/mol. The second-order valence-electron chi connectivity index (χ2n) is 10.1. The zero-order chi connectivity index (χ0) is 26.4. The van der Waals surface area contributed by atoms with Crippen molar-refractivity contribution in [1.82, 2.24) is 9.47 Å². The lowest BCUT2D eigenvalue weighted by molar-refractivity contribution is 0.00883. The smallest absolute Gasteiger partial charge is 0.410 e. The van der Waals surface area contributed by atoms with Crippen LogP contribution in [0.25, 0.3) is 5.69 Å². The zero-order valence-corrected chi connectivity index (χ0v) is 21.5. The molecule has 1 saturated heterocycles. The van der Waals surface area contributed by atoms with Crippen LogP contribution in [0.15, 0.2) is 71.7 Å². The molecule has 1 aromatic heterocycles. The number of hydrogen-bond acceptors (Lipinski definition) is 5. The van der Waals surface area contributed by atoms with Crippen molar-refractivity contribution >= 4 is 6.09 Å². The number of halogens is 1. The lowest BCUT2D eigenvalue weighted by atomic mass is 10.2. The van der Waals surface area contributed by atoms with Crippen LogP contribution in [0.3, 0.4) is 0 Å². The number of hydrogen-bond donors (Lipinski definition) is 0. The Morgan fingerprint density at radius 2 is 1.68 bits per heavy atom. The number of carbonyl (C=O) groups excluding carboxylic acids is 1. The maximum absolute atomic E-state index is 13.0.